The van der Waals surface area contributed by atoms with Gasteiger partial charge in [0.1, 0.15) is 5.75 Å². The largest absolute Gasteiger partial charge is 0.497 e. The summed E-state index contributed by atoms with van der Waals surface area (Å²) >= 11 is 5.98. The summed E-state index contributed by atoms with van der Waals surface area (Å²) in [5, 5.41) is 0.283. The lowest BCUT2D eigenvalue weighted by Gasteiger charge is -2.12. The summed E-state index contributed by atoms with van der Waals surface area (Å²) in [5.74, 6) is 1.61. The van der Waals surface area contributed by atoms with Gasteiger partial charge in [-0.2, -0.15) is 0 Å². The first-order valence-electron chi connectivity index (χ1n) is 5.88. The molecule has 0 fully saturated rings. The van der Waals surface area contributed by atoms with Gasteiger partial charge in [-0.1, -0.05) is 19.1 Å². The van der Waals surface area contributed by atoms with Crippen molar-refractivity contribution in [3.05, 3.63) is 29.8 Å². The van der Waals surface area contributed by atoms with E-state index in [0.717, 1.165) is 18.6 Å². The molecule has 0 aliphatic rings. The predicted octanol–water partition coefficient (Wildman–Crippen LogP) is 4.28. The molecule has 16 heavy (non-hydrogen) atoms. The van der Waals surface area contributed by atoms with Crippen molar-refractivity contribution in [1.82, 2.24) is 0 Å². The quantitative estimate of drug-likeness (QED) is 0.675. The van der Waals surface area contributed by atoms with E-state index in [4.69, 9.17) is 16.3 Å². The fourth-order valence-corrected chi connectivity index (χ4v) is 2.18. The van der Waals surface area contributed by atoms with E-state index < -0.39 is 0 Å². The van der Waals surface area contributed by atoms with Gasteiger partial charge in [-0.15, -0.1) is 11.6 Å². The molecule has 0 aromatic heterocycles. The molecule has 0 aliphatic heterocycles. The second-order valence-electron chi connectivity index (χ2n) is 4.51. The molecule has 2 heteroatoms. The van der Waals surface area contributed by atoms with Crippen molar-refractivity contribution < 1.29 is 4.74 Å². The zero-order valence-corrected chi connectivity index (χ0v) is 11.1. The van der Waals surface area contributed by atoms with Crippen LogP contribution in [0.1, 0.15) is 32.3 Å². The second-order valence-corrected chi connectivity index (χ2v) is 5.25. The van der Waals surface area contributed by atoms with Gasteiger partial charge < -0.3 is 4.74 Å². The van der Waals surface area contributed by atoms with Crippen molar-refractivity contribution in [1.29, 1.82) is 0 Å². The van der Waals surface area contributed by atoms with E-state index in [1.54, 1.807) is 7.11 Å². The van der Waals surface area contributed by atoms with Crippen molar-refractivity contribution in [3.63, 3.8) is 0 Å². The van der Waals surface area contributed by atoms with Crippen molar-refractivity contribution in [2.24, 2.45) is 5.92 Å². The van der Waals surface area contributed by atoms with Crippen LogP contribution >= 0.6 is 11.6 Å². The third-order valence-electron chi connectivity index (χ3n) is 2.81. The molecular formula is C14H21ClO. The first kappa shape index (κ1) is 13.4. The van der Waals surface area contributed by atoms with Gasteiger partial charge in [0.25, 0.3) is 0 Å². The summed E-state index contributed by atoms with van der Waals surface area (Å²) < 4.78 is 5.13. The number of hydrogen-bond donors (Lipinski definition) is 0. The molecule has 0 aliphatic carbocycles. The Bertz CT molecular complexity index is 292. The van der Waals surface area contributed by atoms with Gasteiger partial charge in [0, 0.05) is 5.38 Å². The third-order valence-corrected chi connectivity index (χ3v) is 2.99. The van der Waals surface area contributed by atoms with E-state index in [2.05, 4.69) is 26.0 Å². The number of benzene rings is 1. The van der Waals surface area contributed by atoms with Crippen LogP contribution in [0.5, 0.6) is 5.75 Å². The Morgan fingerprint density at radius 3 is 2.31 bits per heavy atom. The van der Waals surface area contributed by atoms with Crippen molar-refractivity contribution in [2.75, 3.05) is 7.11 Å². The van der Waals surface area contributed by atoms with E-state index in [-0.39, 0.29) is 5.38 Å². The summed E-state index contributed by atoms with van der Waals surface area (Å²) in [7, 11) is 1.69. The summed E-state index contributed by atoms with van der Waals surface area (Å²) in [6.45, 7) is 4.33. The maximum absolute atomic E-state index is 5.98. The molecule has 1 aromatic carbocycles. The lowest BCUT2D eigenvalue weighted by Crippen LogP contribution is -2.03. The maximum Gasteiger partial charge on any atom is 0.118 e. The minimum Gasteiger partial charge on any atom is -0.497 e. The van der Waals surface area contributed by atoms with Crippen LogP contribution in [0.15, 0.2) is 24.3 Å². The van der Waals surface area contributed by atoms with Gasteiger partial charge >= 0.3 is 0 Å². The highest BCUT2D eigenvalue weighted by atomic mass is 35.5. The van der Waals surface area contributed by atoms with E-state index >= 15 is 0 Å². The summed E-state index contributed by atoms with van der Waals surface area (Å²) in [4.78, 5) is 0. The van der Waals surface area contributed by atoms with Gasteiger partial charge in [-0.25, -0.2) is 0 Å². The minimum atomic E-state index is 0.283. The SMILES string of the molecule is COc1ccc(CCC(C)CC(C)Cl)cc1. The molecule has 1 aromatic rings. The van der Waals surface area contributed by atoms with E-state index in [1.165, 1.54) is 12.0 Å². The van der Waals surface area contributed by atoms with Crippen LogP contribution in [0.2, 0.25) is 0 Å². The van der Waals surface area contributed by atoms with Crippen LogP contribution in [-0.4, -0.2) is 12.5 Å². The number of aryl methyl sites for hydroxylation is 1. The van der Waals surface area contributed by atoms with Crippen LogP contribution < -0.4 is 4.74 Å². The molecule has 1 nitrogen and oxygen atoms in total. The highest BCUT2D eigenvalue weighted by molar-refractivity contribution is 6.20. The average molecular weight is 241 g/mol. The lowest BCUT2D eigenvalue weighted by molar-refractivity contribution is 0.414. The molecule has 0 radical (unpaired) electrons. The average Bonchev–Trinajstić information content (AvgIpc) is 2.26. The predicted molar refractivity (Wildman–Crippen MR) is 70.4 cm³/mol. The molecule has 0 spiro atoms. The zero-order valence-electron chi connectivity index (χ0n) is 10.4. The van der Waals surface area contributed by atoms with Gasteiger partial charge in [-0.3, -0.25) is 0 Å². The fraction of sp³-hybridized carbons (Fsp3) is 0.571. The van der Waals surface area contributed by atoms with Crippen LogP contribution in [0.3, 0.4) is 0 Å². The standard InChI is InChI=1S/C14H21ClO/c1-11(10-12(2)15)4-5-13-6-8-14(16-3)9-7-13/h6-9,11-12H,4-5,10H2,1-3H3. The van der Waals surface area contributed by atoms with Gasteiger partial charge in [0.15, 0.2) is 0 Å². The number of methoxy groups -OCH3 is 1. The summed E-state index contributed by atoms with van der Waals surface area (Å²) in [5.41, 5.74) is 1.37. The number of hydrogen-bond acceptors (Lipinski definition) is 1. The monoisotopic (exact) mass is 240 g/mol. The smallest absolute Gasteiger partial charge is 0.118 e. The Hall–Kier alpha value is -0.690. The third kappa shape index (κ3) is 4.89. The summed E-state index contributed by atoms with van der Waals surface area (Å²) in [6, 6.07) is 8.31. The molecule has 0 N–H and O–H groups in total. The molecule has 90 valence electrons. The fourth-order valence-electron chi connectivity index (χ4n) is 1.88. The molecule has 0 bridgehead atoms. The molecule has 0 saturated heterocycles. The van der Waals surface area contributed by atoms with Crippen LogP contribution in [0.25, 0.3) is 0 Å². The zero-order chi connectivity index (χ0) is 12.0. The molecule has 0 saturated carbocycles. The van der Waals surface area contributed by atoms with E-state index in [0.29, 0.717) is 5.92 Å². The maximum atomic E-state index is 5.98. The molecule has 2 unspecified atom stereocenters. The number of alkyl halides is 1. The molecule has 0 amide bonds. The Balaban J connectivity index is 2.36. The first-order valence-corrected chi connectivity index (χ1v) is 6.32. The normalized spacial score (nSPS) is 14.5. The van der Waals surface area contributed by atoms with E-state index in [1.807, 2.05) is 12.1 Å². The first-order chi connectivity index (χ1) is 7.61. The Labute approximate surface area is 104 Å². The van der Waals surface area contributed by atoms with Crippen molar-refractivity contribution >= 4 is 11.6 Å². The topological polar surface area (TPSA) is 9.23 Å². The van der Waals surface area contributed by atoms with Gasteiger partial charge in [-0.05, 0) is 49.8 Å². The van der Waals surface area contributed by atoms with E-state index in [9.17, 15) is 0 Å². The number of ether oxygens (including phenoxy) is 1. The highest BCUT2D eigenvalue weighted by Crippen LogP contribution is 2.18. The van der Waals surface area contributed by atoms with Gasteiger partial charge in [0.05, 0.1) is 7.11 Å². The Morgan fingerprint density at radius 2 is 1.81 bits per heavy atom. The highest BCUT2D eigenvalue weighted by Gasteiger charge is 2.06. The van der Waals surface area contributed by atoms with Crippen molar-refractivity contribution in [2.45, 2.75) is 38.5 Å². The molecular weight excluding hydrogens is 220 g/mol. The Kier molecular flexibility index (Phi) is 5.68. The van der Waals surface area contributed by atoms with Crippen molar-refractivity contribution in [3.8, 4) is 5.75 Å². The van der Waals surface area contributed by atoms with Gasteiger partial charge in [0.2, 0.25) is 0 Å². The summed E-state index contributed by atoms with van der Waals surface area (Å²) in [6.07, 6.45) is 3.41. The molecule has 1 rings (SSSR count). The number of rotatable bonds is 6. The number of halogens is 1. The van der Waals surface area contributed by atoms with Crippen LogP contribution in [-0.2, 0) is 6.42 Å². The van der Waals surface area contributed by atoms with Crippen LogP contribution in [0, 0.1) is 5.92 Å². The molecule has 2 atom stereocenters. The Morgan fingerprint density at radius 1 is 1.19 bits per heavy atom. The molecule has 0 heterocycles. The minimum absolute atomic E-state index is 0.283. The second kappa shape index (κ2) is 6.80. The lowest BCUT2D eigenvalue weighted by atomic mass is 9.97. The van der Waals surface area contributed by atoms with Crippen LogP contribution in [0.4, 0.5) is 0 Å².